The van der Waals surface area contributed by atoms with E-state index in [-0.39, 0.29) is 16.7 Å². The highest BCUT2D eigenvalue weighted by atomic mass is 32.2. The van der Waals surface area contributed by atoms with E-state index in [2.05, 4.69) is 4.72 Å². The van der Waals surface area contributed by atoms with Gasteiger partial charge in [0.1, 0.15) is 5.75 Å². The molecule has 3 rings (SSSR count). The number of amides is 1. The summed E-state index contributed by atoms with van der Waals surface area (Å²) in [7, 11) is -2.17. The molecule has 0 aliphatic carbocycles. The first-order chi connectivity index (χ1) is 13.2. The lowest BCUT2D eigenvalue weighted by Crippen LogP contribution is -2.24. The molecule has 2 aromatic carbocycles. The number of methoxy groups -OCH3 is 1. The van der Waals surface area contributed by atoms with Gasteiger partial charge in [-0.15, -0.1) is 0 Å². The Hall–Kier alpha value is -2.54. The van der Waals surface area contributed by atoms with Gasteiger partial charge in [-0.05, 0) is 66.8 Å². The van der Waals surface area contributed by atoms with Crippen LogP contribution in [0.2, 0.25) is 0 Å². The Morgan fingerprint density at radius 3 is 2.46 bits per heavy atom. The van der Waals surface area contributed by atoms with Crippen molar-refractivity contribution in [2.24, 2.45) is 0 Å². The van der Waals surface area contributed by atoms with E-state index in [0.717, 1.165) is 23.2 Å². The topological polar surface area (TPSA) is 75.7 Å². The molecule has 1 heterocycles. The third-order valence-electron chi connectivity index (χ3n) is 4.95. The van der Waals surface area contributed by atoms with Crippen molar-refractivity contribution in [3.63, 3.8) is 0 Å². The molecule has 1 N–H and O–H groups in total. The molecule has 0 bridgehead atoms. The van der Waals surface area contributed by atoms with Crippen LogP contribution in [0.1, 0.15) is 43.7 Å². The fourth-order valence-corrected chi connectivity index (χ4v) is 4.55. The maximum Gasteiger partial charge on any atom is 0.261 e. The van der Waals surface area contributed by atoms with Crippen LogP contribution >= 0.6 is 0 Å². The summed E-state index contributed by atoms with van der Waals surface area (Å²) < 4.78 is 33.7. The SMILES string of the molecule is COc1ccc(S(=O)(=O)Nc2ccc(N3CCCC3=O)c(C)c2)cc1C(C)C. The summed E-state index contributed by atoms with van der Waals surface area (Å²) in [4.78, 5) is 13.9. The molecule has 0 spiro atoms. The number of anilines is 2. The molecule has 1 fully saturated rings. The number of hydrogen-bond donors (Lipinski definition) is 1. The quantitative estimate of drug-likeness (QED) is 0.791. The zero-order chi connectivity index (χ0) is 20.5. The largest absolute Gasteiger partial charge is 0.496 e. The molecule has 150 valence electrons. The zero-order valence-electron chi connectivity index (χ0n) is 16.7. The van der Waals surface area contributed by atoms with Gasteiger partial charge in [-0.3, -0.25) is 9.52 Å². The van der Waals surface area contributed by atoms with Gasteiger partial charge in [0.2, 0.25) is 5.91 Å². The monoisotopic (exact) mass is 402 g/mol. The van der Waals surface area contributed by atoms with Gasteiger partial charge in [0.15, 0.2) is 0 Å². The van der Waals surface area contributed by atoms with Gasteiger partial charge in [-0.25, -0.2) is 8.42 Å². The summed E-state index contributed by atoms with van der Waals surface area (Å²) in [6.45, 7) is 6.56. The van der Waals surface area contributed by atoms with E-state index >= 15 is 0 Å². The summed E-state index contributed by atoms with van der Waals surface area (Å²) in [5.74, 6) is 0.907. The molecule has 28 heavy (non-hydrogen) atoms. The van der Waals surface area contributed by atoms with E-state index in [0.29, 0.717) is 24.4 Å². The highest BCUT2D eigenvalue weighted by Gasteiger charge is 2.23. The third kappa shape index (κ3) is 3.99. The van der Waals surface area contributed by atoms with Crippen LogP contribution in [0, 0.1) is 6.92 Å². The van der Waals surface area contributed by atoms with Gasteiger partial charge in [-0.2, -0.15) is 0 Å². The Morgan fingerprint density at radius 2 is 1.89 bits per heavy atom. The number of benzene rings is 2. The van der Waals surface area contributed by atoms with Gasteiger partial charge < -0.3 is 9.64 Å². The molecule has 1 aliphatic heterocycles. The summed E-state index contributed by atoms with van der Waals surface area (Å²) in [5.41, 5.74) is 2.99. The fraction of sp³-hybridized carbons (Fsp3) is 0.381. The smallest absolute Gasteiger partial charge is 0.261 e. The lowest BCUT2D eigenvalue weighted by atomic mass is 10.0. The van der Waals surface area contributed by atoms with E-state index < -0.39 is 10.0 Å². The predicted octanol–water partition coefficient (Wildman–Crippen LogP) is 4.05. The molecule has 2 aromatic rings. The Balaban J connectivity index is 1.87. The van der Waals surface area contributed by atoms with Crippen LogP contribution < -0.4 is 14.4 Å². The maximum absolute atomic E-state index is 12.9. The van der Waals surface area contributed by atoms with Crippen molar-refractivity contribution in [1.29, 1.82) is 0 Å². The second-order valence-electron chi connectivity index (χ2n) is 7.31. The second-order valence-corrected chi connectivity index (χ2v) is 9.00. The average Bonchev–Trinajstić information content (AvgIpc) is 3.06. The molecule has 0 atom stereocenters. The fourth-order valence-electron chi connectivity index (χ4n) is 3.47. The molecule has 0 unspecified atom stereocenters. The van der Waals surface area contributed by atoms with Gasteiger partial charge in [0.05, 0.1) is 12.0 Å². The van der Waals surface area contributed by atoms with Crippen LogP contribution in [-0.2, 0) is 14.8 Å². The van der Waals surface area contributed by atoms with Crippen molar-refractivity contribution in [1.82, 2.24) is 0 Å². The maximum atomic E-state index is 12.9. The van der Waals surface area contributed by atoms with Crippen LogP contribution in [0.15, 0.2) is 41.3 Å². The zero-order valence-corrected chi connectivity index (χ0v) is 17.5. The number of aryl methyl sites for hydroxylation is 1. The summed E-state index contributed by atoms with van der Waals surface area (Å²) >= 11 is 0. The highest BCUT2D eigenvalue weighted by Crippen LogP contribution is 2.31. The Morgan fingerprint density at radius 1 is 1.14 bits per heavy atom. The first kappa shape index (κ1) is 20.2. The van der Waals surface area contributed by atoms with Crippen molar-refractivity contribution in [2.75, 3.05) is 23.3 Å². The number of carbonyl (C=O) groups is 1. The molecule has 6 nitrogen and oxygen atoms in total. The normalized spacial score (nSPS) is 14.6. The molecule has 1 amide bonds. The Labute approximate surface area is 166 Å². The van der Waals surface area contributed by atoms with E-state index in [1.54, 1.807) is 42.3 Å². The van der Waals surface area contributed by atoms with Gasteiger partial charge in [0.25, 0.3) is 10.0 Å². The number of sulfonamides is 1. The standard InChI is InChI=1S/C21H26N2O4S/c1-14(2)18-13-17(8-10-20(18)27-4)28(25,26)22-16-7-9-19(15(3)12-16)23-11-5-6-21(23)24/h7-10,12-14,22H,5-6,11H2,1-4H3. The van der Waals surface area contributed by atoms with Crippen molar-refractivity contribution >= 4 is 27.3 Å². The van der Waals surface area contributed by atoms with Gasteiger partial charge >= 0.3 is 0 Å². The molecule has 0 radical (unpaired) electrons. The molecule has 0 aromatic heterocycles. The number of ether oxygens (including phenoxy) is 1. The van der Waals surface area contributed by atoms with Crippen LogP contribution in [0.4, 0.5) is 11.4 Å². The van der Waals surface area contributed by atoms with Crippen LogP contribution in [-0.4, -0.2) is 28.0 Å². The molecular weight excluding hydrogens is 376 g/mol. The first-order valence-electron chi connectivity index (χ1n) is 9.34. The molecule has 1 aliphatic rings. The van der Waals surface area contributed by atoms with E-state index in [1.165, 1.54) is 6.07 Å². The highest BCUT2D eigenvalue weighted by molar-refractivity contribution is 7.92. The number of nitrogens with zero attached hydrogens (tertiary/aromatic N) is 1. The average molecular weight is 403 g/mol. The van der Waals surface area contributed by atoms with Crippen LogP contribution in [0.25, 0.3) is 0 Å². The number of carbonyl (C=O) groups excluding carboxylic acids is 1. The van der Waals surface area contributed by atoms with Gasteiger partial charge in [-0.1, -0.05) is 13.8 Å². The summed E-state index contributed by atoms with van der Waals surface area (Å²) in [5, 5.41) is 0. The molecule has 7 heteroatoms. The first-order valence-corrected chi connectivity index (χ1v) is 10.8. The van der Waals surface area contributed by atoms with Crippen molar-refractivity contribution < 1.29 is 17.9 Å². The summed E-state index contributed by atoms with van der Waals surface area (Å²) in [6, 6.07) is 10.1. The van der Waals surface area contributed by atoms with Gasteiger partial charge in [0, 0.05) is 24.3 Å². The van der Waals surface area contributed by atoms with E-state index in [1.807, 2.05) is 20.8 Å². The lowest BCUT2D eigenvalue weighted by molar-refractivity contribution is -0.117. The van der Waals surface area contributed by atoms with Crippen molar-refractivity contribution in [3.8, 4) is 5.75 Å². The number of nitrogens with one attached hydrogen (secondary N) is 1. The van der Waals surface area contributed by atoms with Crippen LogP contribution in [0.5, 0.6) is 5.75 Å². The van der Waals surface area contributed by atoms with Crippen molar-refractivity contribution in [3.05, 3.63) is 47.5 Å². The Kier molecular flexibility index (Phi) is 5.65. The Bertz CT molecular complexity index is 999. The number of rotatable bonds is 6. The predicted molar refractivity (Wildman–Crippen MR) is 111 cm³/mol. The van der Waals surface area contributed by atoms with E-state index in [4.69, 9.17) is 4.74 Å². The van der Waals surface area contributed by atoms with Crippen LogP contribution in [0.3, 0.4) is 0 Å². The summed E-state index contributed by atoms with van der Waals surface area (Å²) in [6.07, 6.45) is 1.41. The molecule has 0 saturated carbocycles. The number of hydrogen-bond acceptors (Lipinski definition) is 4. The minimum atomic E-state index is -3.74. The molecule has 1 saturated heterocycles. The second kappa shape index (κ2) is 7.83. The third-order valence-corrected chi connectivity index (χ3v) is 6.33. The van der Waals surface area contributed by atoms with E-state index in [9.17, 15) is 13.2 Å². The molecular formula is C21H26N2O4S. The minimum absolute atomic E-state index is 0.107. The minimum Gasteiger partial charge on any atom is -0.496 e. The van der Waals surface area contributed by atoms with Crippen molar-refractivity contribution in [2.45, 2.75) is 44.4 Å². The lowest BCUT2D eigenvalue weighted by Gasteiger charge is -2.19.